The number of benzene rings is 1. The van der Waals surface area contributed by atoms with Crippen LogP contribution in [0.2, 0.25) is 0 Å². The summed E-state index contributed by atoms with van der Waals surface area (Å²) in [7, 11) is 0. The average molecular weight is 215 g/mol. The third-order valence-corrected chi connectivity index (χ3v) is 3.82. The lowest BCUT2D eigenvalue weighted by Gasteiger charge is -2.39. The second-order valence-corrected chi connectivity index (χ2v) is 5.02. The number of nitrogens with zero attached hydrogens (tertiary/aromatic N) is 1. The highest BCUT2D eigenvalue weighted by atomic mass is 15.1. The summed E-state index contributed by atoms with van der Waals surface area (Å²) in [5, 5.41) is 0. The molecule has 0 bridgehead atoms. The zero-order chi connectivity index (χ0) is 11.4. The Labute approximate surface area is 98.8 Å². The largest absolute Gasteiger partial charge is 0.300 e. The molecule has 1 fully saturated rings. The van der Waals surface area contributed by atoms with Crippen molar-refractivity contribution in [1.82, 2.24) is 4.90 Å². The molecule has 1 heteroatoms. The van der Waals surface area contributed by atoms with Crippen molar-refractivity contribution < 1.29 is 0 Å². The van der Waals surface area contributed by atoms with E-state index in [2.05, 4.69) is 48.7 Å². The minimum Gasteiger partial charge on any atom is -0.300 e. The van der Waals surface area contributed by atoms with Gasteiger partial charge in [-0.05, 0) is 36.9 Å². The zero-order valence-corrected chi connectivity index (χ0v) is 10.2. The lowest BCUT2D eigenvalue weighted by Crippen LogP contribution is -2.40. The summed E-state index contributed by atoms with van der Waals surface area (Å²) < 4.78 is 0. The van der Waals surface area contributed by atoms with Crippen LogP contribution in [0.3, 0.4) is 0 Å². The molecule has 0 aliphatic carbocycles. The monoisotopic (exact) mass is 215 g/mol. The predicted octanol–water partition coefficient (Wildman–Crippen LogP) is 3.23. The highest BCUT2D eigenvalue weighted by Crippen LogP contribution is 2.34. The van der Waals surface area contributed by atoms with Gasteiger partial charge in [-0.1, -0.05) is 43.3 Å². The first-order valence-electron chi connectivity index (χ1n) is 6.13. The van der Waals surface area contributed by atoms with E-state index >= 15 is 0 Å². The van der Waals surface area contributed by atoms with E-state index in [9.17, 15) is 0 Å². The molecule has 1 heterocycles. The lowest BCUT2D eigenvalue weighted by molar-refractivity contribution is 0.183. The maximum absolute atomic E-state index is 3.81. The summed E-state index contributed by atoms with van der Waals surface area (Å²) in [6.45, 7) is 9.62. The SMILES string of the molecule is C=CCN1CCC(C)(c2ccccc2)CC1. The summed E-state index contributed by atoms with van der Waals surface area (Å²) in [5.41, 5.74) is 1.87. The number of rotatable bonds is 3. The summed E-state index contributed by atoms with van der Waals surface area (Å²) in [5.74, 6) is 0. The van der Waals surface area contributed by atoms with Crippen LogP contribution in [0.25, 0.3) is 0 Å². The van der Waals surface area contributed by atoms with Gasteiger partial charge in [0.15, 0.2) is 0 Å². The highest BCUT2D eigenvalue weighted by molar-refractivity contribution is 5.25. The molecule has 1 aromatic rings. The Bertz CT molecular complexity index is 334. The van der Waals surface area contributed by atoms with Crippen molar-refractivity contribution in [2.24, 2.45) is 0 Å². The van der Waals surface area contributed by atoms with E-state index in [1.807, 2.05) is 6.08 Å². The van der Waals surface area contributed by atoms with Crippen molar-refractivity contribution >= 4 is 0 Å². The van der Waals surface area contributed by atoms with Gasteiger partial charge in [-0.15, -0.1) is 6.58 Å². The van der Waals surface area contributed by atoms with Crippen molar-refractivity contribution in [2.45, 2.75) is 25.2 Å². The third-order valence-electron chi connectivity index (χ3n) is 3.82. The molecule has 0 aromatic heterocycles. The molecule has 2 rings (SSSR count). The molecular weight excluding hydrogens is 194 g/mol. The van der Waals surface area contributed by atoms with Crippen LogP contribution in [0.1, 0.15) is 25.3 Å². The molecule has 1 nitrogen and oxygen atoms in total. The van der Waals surface area contributed by atoms with Gasteiger partial charge >= 0.3 is 0 Å². The Kier molecular flexibility index (Phi) is 3.45. The standard InChI is InChI=1S/C15H21N/c1-3-11-16-12-9-15(2,10-13-16)14-7-5-4-6-8-14/h3-8H,1,9-13H2,2H3. The Balaban J connectivity index is 2.04. The van der Waals surface area contributed by atoms with E-state index in [0.717, 1.165) is 6.54 Å². The Hall–Kier alpha value is -1.08. The van der Waals surface area contributed by atoms with Crippen LogP contribution in [0.5, 0.6) is 0 Å². The second-order valence-electron chi connectivity index (χ2n) is 5.02. The molecule has 86 valence electrons. The summed E-state index contributed by atoms with van der Waals surface area (Å²) >= 11 is 0. The summed E-state index contributed by atoms with van der Waals surface area (Å²) in [4.78, 5) is 2.48. The van der Waals surface area contributed by atoms with Gasteiger partial charge in [0.1, 0.15) is 0 Å². The summed E-state index contributed by atoms with van der Waals surface area (Å²) in [6, 6.07) is 10.9. The van der Waals surface area contributed by atoms with E-state index in [4.69, 9.17) is 0 Å². The van der Waals surface area contributed by atoms with E-state index in [-0.39, 0.29) is 0 Å². The van der Waals surface area contributed by atoms with Crippen LogP contribution in [0, 0.1) is 0 Å². The molecule has 0 atom stereocenters. The Morgan fingerprint density at radius 2 is 1.88 bits per heavy atom. The molecule has 1 aliphatic rings. The molecule has 0 saturated carbocycles. The zero-order valence-electron chi connectivity index (χ0n) is 10.2. The van der Waals surface area contributed by atoms with Gasteiger partial charge in [-0.25, -0.2) is 0 Å². The quantitative estimate of drug-likeness (QED) is 0.700. The molecule has 0 unspecified atom stereocenters. The lowest BCUT2D eigenvalue weighted by atomic mass is 9.74. The van der Waals surface area contributed by atoms with Crippen molar-refractivity contribution in [3.05, 3.63) is 48.6 Å². The molecule has 1 aromatic carbocycles. The molecular formula is C15H21N. The first-order chi connectivity index (χ1) is 7.74. The number of piperidine rings is 1. The normalized spacial score (nSPS) is 20.6. The van der Waals surface area contributed by atoms with Gasteiger partial charge < -0.3 is 0 Å². The molecule has 1 saturated heterocycles. The Morgan fingerprint density at radius 1 is 1.25 bits per heavy atom. The van der Waals surface area contributed by atoms with Gasteiger partial charge in [0.2, 0.25) is 0 Å². The van der Waals surface area contributed by atoms with Crippen molar-refractivity contribution in [1.29, 1.82) is 0 Å². The van der Waals surface area contributed by atoms with Crippen LogP contribution in [0.15, 0.2) is 43.0 Å². The van der Waals surface area contributed by atoms with Crippen LogP contribution >= 0.6 is 0 Å². The molecule has 0 amide bonds. The topological polar surface area (TPSA) is 3.24 Å². The molecule has 0 radical (unpaired) electrons. The van der Waals surface area contributed by atoms with Gasteiger partial charge in [0, 0.05) is 6.54 Å². The fourth-order valence-corrected chi connectivity index (χ4v) is 2.54. The number of hydrogen-bond acceptors (Lipinski definition) is 1. The van der Waals surface area contributed by atoms with Crippen LogP contribution in [-0.4, -0.2) is 24.5 Å². The fraction of sp³-hybridized carbons (Fsp3) is 0.467. The van der Waals surface area contributed by atoms with E-state index in [0.29, 0.717) is 5.41 Å². The number of hydrogen-bond donors (Lipinski definition) is 0. The molecule has 0 spiro atoms. The molecule has 16 heavy (non-hydrogen) atoms. The summed E-state index contributed by atoms with van der Waals surface area (Å²) in [6.07, 6.45) is 4.51. The van der Waals surface area contributed by atoms with Crippen molar-refractivity contribution in [3.8, 4) is 0 Å². The van der Waals surface area contributed by atoms with Crippen LogP contribution in [-0.2, 0) is 5.41 Å². The first-order valence-corrected chi connectivity index (χ1v) is 6.13. The van der Waals surface area contributed by atoms with Gasteiger partial charge in [0.25, 0.3) is 0 Å². The van der Waals surface area contributed by atoms with Gasteiger partial charge in [0.05, 0.1) is 0 Å². The Morgan fingerprint density at radius 3 is 2.44 bits per heavy atom. The van der Waals surface area contributed by atoms with Gasteiger partial charge in [-0.2, -0.15) is 0 Å². The van der Waals surface area contributed by atoms with Crippen LogP contribution < -0.4 is 0 Å². The van der Waals surface area contributed by atoms with Gasteiger partial charge in [-0.3, -0.25) is 4.90 Å². The first kappa shape index (κ1) is 11.4. The minimum atomic E-state index is 0.374. The highest BCUT2D eigenvalue weighted by Gasteiger charge is 2.30. The predicted molar refractivity (Wildman–Crippen MR) is 69.7 cm³/mol. The minimum absolute atomic E-state index is 0.374. The molecule has 0 N–H and O–H groups in total. The third kappa shape index (κ3) is 2.35. The molecule has 1 aliphatic heterocycles. The van der Waals surface area contributed by atoms with E-state index in [1.54, 1.807) is 0 Å². The average Bonchev–Trinajstić information content (AvgIpc) is 2.34. The number of likely N-dealkylation sites (tertiary alicyclic amines) is 1. The fourth-order valence-electron chi connectivity index (χ4n) is 2.54. The van der Waals surface area contributed by atoms with Crippen molar-refractivity contribution in [2.75, 3.05) is 19.6 Å². The van der Waals surface area contributed by atoms with Crippen molar-refractivity contribution in [3.63, 3.8) is 0 Å². The maximum atomic E-state index is 3.81. The second kappa shape index (κ2) is 4.84. The smallest absolute Gasteiger partial charge is 0.0160 e. The van der Waals surface area contributed by atoms with E-state index < -0.39 is 0 Å². The maximum Gasteiger partial charge on any atom is 0.0160 e. The van der Waals surface area contributed by atoms with Crippen LogP contribution in [0.4, 0.5) is 0 Å². The van der Waals surface area contributed by atoms with E-state index in [1.165, 1.54) is 31.5 Å².